The van der Waals surface area contributed by atoms with Gasteiger partial charge >= 0.3 is 0 Å². The summed E-state index contributed by atoms with van der Waals surface area (Å²) in [4.78, 5) is 14.0. The lowest BCUT2D eigenvalue weighted by Gasteiger charge is -2.21. The van der Waals surface area contributed by atoms with Crippen molar-refractivity contribution in [2.75, 3.05) is 19.6 Å². The predicted octanol–water partition coefficient (Wildman–Crippen LogP) is 0.899. The minimum absolute atomic E-state index is 0.0480. The Morgan fingerprint density at radius 3 is 2.25 bits per heavy atom. The van der Waals surface area contributed by atoms with Crippen LogP contribution in [-0.2, 0) is 4.79 Å². The molecule has 0 radical (unpaired) electrons. The molecule has 16 heavy (non-hydrogen) atoms. The first-order valence-electron chi connectivity index (χ1n) is 5.83. The van der Waals surface area contributed by atoms with Crippen LogP contribution in [0, 0.1) is 0 Å². The average molecular weight is 245 g/mol. The topological polar surface area (TPSA) is 58.4 Å². The van der Waals surface area contributed by atoms with Gasteiger partial charge in [-0.05, 0) is 19.4 Å². The molecule has 0 unspecified atom stereocenters. The van der Waals surface area contributed by atoms with Crippen LogP contribution in [0.1, 0.15) is 33.6 Å². The molecule has 3 N–H and O–H groups in total. The Bertz CT molecular complexity index is 229. The number of hydrogen-bond acceptors (Lipinski definition) is 3. The fourth-order valence-electron chi connectivity index (χ4n) is 1.47. The van der Waals surface area contributed by atoms with Crippen LogP contribution < -0.4 is 11.1 Å². The molecule has 0 aliphatic heterocycles. The lowest BCUT2D eigenvalue weighted by atomic mass is 10.2. The molecule has 1 amide bonds. The van der Waals surface area contributed by atoms with E-state index in [0.717, 1.165) is 19.4 Å². The SMILES string of the molecule is CCC(CC)NC(=O)CN(CC)CC(N)=S. The maximum Gasteiger partial charge on any atom is 0.234 e. The van der Waals surface area contributed by atoms with Gasteiger partial charge in [0.2, 0.25) is 5.91 Å². The minimum atomic E-state index is 0.0480. The molecule has 94 valence electrons. The van der Waals surface area contributed by atoms with Crippen LogP contribution in [0.5, 0.6) is 0 Å². The molecule has 0 heterocycles. The third-order valence-electron chi connectivity index (χ3n) is 2.54. The zero-order chi connectivity index (χ0) is 12.6. The highest BCUT2D eigenvalue weighted by Gasteiger charge is 2.12. The van der Waals surface area contributed by atoms with Gasteiger partial charge in [-0.3, -0.25) is 9.69 Å². The first-order valence-corrected chi connectivity index (χ1v) is 6.24. The monoisotopic (exact) mass is 245 g/mol. The lowest BCUT2D eigenvalue weighted by Crippen LogP contribution is -2.43. The van der Waals surface area contributed by atoms with Gasteiger partial charge in [0.15, 0.2) is 0 Å². The molecule has 0 rings (SSSR count). The molecule has 0 atom stereocenters. The number of nitrogens with one attached hydrogen (secondary N) is 1. The van der Waals surface area contributed by atoms with E-state index in [1.54, 1.807) is 0 Å². The second-order valence-electron chi connectivity index (χ2n) is 3.85. The first kappa shape index (κ1) is 15.3. The molecular formula is C11H23N3OS. The third kappa shape index (κ3) is 6.74. The van der Waals surface area contributed by atoms with Gasteiger partial charge in [-0.1, -0.05) is 33.0 Å². The Morgan fingerprint density at radius 1 is 1.31 bits per heavy atom. The van der Waals surface area contributed by atoms with Crippen molar-refractivity contribution in [3.8, 4) is 0 Å². The normalized spacial score (nSPS) is 10.8. The third-order valence-corrected chi connectivity index (χ3v) is 2.67. The number of carbonyl (C=O) groups is 1. The zero-order valence-electron chi connectivity index (χ0n) is 10.5. The smallest absolute Gasteiger partial charge is 0.234 e. The van der Waals surface area contributed by atoms with Gasteiger partial charge < -0.3 is 11.1 Å². The Morgan fingerprint density at radius 2 is 1.88 bits per heavy atom. The van der Waals surface area contributed by atoms with Crippen molar-refractivity contribution >= 4 is 23.1 Å². The van der Waals surface area contributed by atoms with Crippen LogP contribution in [0.4, 0.5) is 0 Å². The lowest BCUT2D eigenvalue weighted by molar-refractivity contribution is -0.122. The van der Waals surface area contributed by atoms with E-state index in [2.05, 4.69) is 19.2 Å². The molecule has 5 heteroatoms. The summed E-state index contributed by atoms with van der Waals surface area (Å²) < 4.78 is 0. The van der Waals surface area contributed by atoms with Gasteiger partial charge in [-0.2, -0.15) is 0 Å². The quantitative estimate of drug-likeness (QED) is 0.624. The maximum absolute atomic E-state index is 11.7. The fraction of sp³-hybridized carbons (Fsp3) is 0.818. The minimum Gasteiger partial charge on any atom is -0.392 e. The van der Waals surface area contributed by atoms with E-state index in [9.17, 15) is 4.79 Å². The first-order chi connectivity index (χ1) is 7.53. The summed E-state index contributed by atoms with van der Waals surface area (Å²) in [7, 11) is 0. The number of nitrogens with two attached hydrogens (primary N) is 1. The largest absolute Gasteiger partial charge is 0.392 e. The van der Waals surface area contributed by atoms with E-state index in [1.165, 1.54) is 0 Å². The van der Waals surface area contributed by atoms with Gasteiger partial charge in [0.05, 0.1) is 11.5 Å². The highest BCUT2D eigenvalue weighted by Crippen LogP contribution is 1.96. The molecular weight excluding hydrogens is 222 g/mol. The second kappa shape index (κ2) is 8.47. The molecule has 0 aliphatic carbocycles. The fourth-order valence-corrected chi connectivity index (χ4v) is 1.65. The van der Waals surface area contributed by atoms with E-state index in [-0.39, 0.29) is 11.9 Å². The second-order valence-corrected chi connectivity index (χ2v) is 4.37. The zero-order valence-corrected chi connectivity index (χ0v) is 11.3. The summed E-state index contributed by atoms with van der Waals surface area (Å²) >= 11 is 4.83. The Labute approximate surface area is 104 Å². The summed E-state index contributed by atoms with van der Waals surface area (Å²) in [5.74, 6) is 0.0480. The molecule has 0 saturated heterocycles. The summed E-state index contributed by atoms with van der Waals surface area (Å²) in [5.41, 5.74) is 5.46. The molecule has 0 aromatic heterocycles. The molecule has 0 aromatic rings. The molecule has 0 bridgehead atoms. The van der Waals surface area contributed by atoms with Crippen LogP contribution in [-0.4, -0.2) is 41.5 Å². The van der Waals surface area contributed by atoms with Gasteiger partial charge in [-0.15, -0.1) is 0 Å². The van der Waals surface area contributed by atoms with Crippen molar-refractivity contribution in [2.45, 2.75) is 39.7 Å². The molecule has 0 aliphatic rings. The van der Waals surface area contributed by atoms with Crippen LogP contribution >= 0.6 is 12.2 Å². The van der Waals surface area contributed by atoms with Crippen molar-refractivity contribution in [3.63, 3.8) is 0 Å². The van der Waals surface area contributed by atoms with Crippen molar-refractivity contribution in [3.05, 3.63) is 0 Å². The number of nitrogens with zero attached hydrogens (tertiary/aromatic N) is 1. The number of carbonyl (C=O) groups excluding carboxylic acids is 1. The molecule has 0 spiro atoms. The summed E-state index contributed by atoms with van der Waals surface area (Å²) in [5, 5.41) is 2.99. The van der Waals surface area contributed by atoms with Crippen molar-refractivity contribution in [2.24, 2.45) is 5.73 Å². The highest BCUT2D eigenvalue weighted by atomic mass is 32.1. The van der Waals surface area contributed by atoms with Crippen LogP contribution in [0.2, 0.25) is 0 Å². The molecule has 4 nitrogen and oxygen atoms in total. The van der Waals surface area contributed by atoms with Crippen molar-refractivity contribution < 1.29 is 4.79 Å². The summed E-state index contributed by atoms with van der Waals surface area (Å²) in [6.45, 7) is 7.77. The van der Waals surface area contributed by atoms with E-state index < -0.39 is 0 Å². The van der Waals surface area contributed by atoms with Gasteiger partial charge in [0.1, 0.15) is 0 Å². The van der Waals surface area contributed by atoms with Gasteiger partial charge in [-0.25, -0.2) is 0 Å². The van der Waals surface area contributed by atoms with E-state index in [4.69, 9.17) is 18.0 Å². The van der Waals surface area contributed by atoms with Crippen LogP contribution in [0.25, 0.3) is 0 Å². The molecule has 0 aromatic carbocycles. The van der Waals surface area contributed by atoms with E-state index >= 15 is 0 Å². The number of likely N-dealkylation sites (N-methyl/N-ethyl adjacent to an activating group) is 1. The maximum atomic E-state index is 11.7. The average Bonchev–Trinajstić information content (AvgIpc) is 2.24. The standard InChI is InChI=1S/C11H23N3OS/c1-4-9(5-2)13-11(15)8-14(6-3)7-10(12)16/h9H,4-8H2,1-3H3,(H2,12,16)(H,13,15). The summed E-state index contributed by atoms with van der Waals surface area (Å²) in [6, 6.07) is 0.274. The molecule has 0 fully saturated rings. The van der Waals surface area contributed by atoms with Crippen LogP contribution in [0.3, 0.4) is 0 Å². The van der Waals surface area contributed by atoms with E-state index in [1.807, 2.05) is 11.8 Å². The highest BCUT2D eigenvalue weighted by molar-refractivity contribution is 7.80. The number of hydrogen-bond donors (Lipinski definition) is 2. The molecule has 0 saturated carbocycles. The van der Waals surface area contributed by atoms with E-state index in [0.29, 0.717) is 18.1 Å². The van der Waals surface area contributed by atoms with Crippen LogP contribution in [0.15, 0.2) is 0 Å². The van der Waals surface area contributed by atoms with Crippen molar-refractivity contribution in [1.29, 1.82) is 0 Å². The Balaban J connectivity index is 4.04. The summed E-state index contributed by atoms with van der Waals surface area (Å²) in [6.07, 6.45) is 1.92. The van der Waals surface area contributed by atoms with Gasteiger partial charge in [0, 0.05) is 12.6 Å². The Kier molecular flexibility index (Phi) is 8.11. The Hall–Kier alpha value is -0.680. The number of rotatable bonds is 8. The predicted molar refractivity (Wildman–Crippen MR) is 71.4 cm³/mol. The van der Waals surface area contributed by atoms with Gasteiger partial charge in [0.25, 0.3) is 0 Å². The number of thiocarbonyl (C=S) groups is 1. The van der Waals surface area contributed by atoms with Crippen molar-refractivity contribution in [1.82, 2.24) is 10.2 Å². The number of amides is 1.